The van der Waals surface area contributed by atoms with Gasteiger partial charge in [-0.25, -0.2) is 14.2 Å². The number of hydrogen-bond acceptors (Lipinski definition) is 4. The highest BCUT2D eigenvalue weighted by Crippen LogP contribution is 2.15. The van der Waals surface area contributed by atoms with E-state index in [4.69, 9.17) is 5.11 Å². The summed E-state index contributed by atoms with van der Waals surface area (Å²) in [5.41, 5.74) is 0.552. The van der Waals surface area contributed by atoms with Crippen LogP contribution < -0.4 is 5.32 Å². The fourth-order valence-corrected chi connectivity index (χ4v) is 2.08. The van der Waals surface area contributed by atoms with E-state index in [1.54, 1.807) is 0 Å². The number of halogens is 1. The first-order chi connectivity index (χ1) is 9.04. The number of carboxylic acid groups (broad SMARTS) is 1. The maximum absolute atomic E-state index is 12.7. The third kappa shape index (κ3) is 3.59. The normalized spacial score (nSPS) is 10.2. The second kappa shape index (κ2) is 5.57. The van der Waals surface area contributed by atoms with Gasteiger partial charge in [0.25, 0.3) is 0 Å². The van der Waals surface area contributed by atoms with Gasteiger partial charge < -0.3 is 10.4 Å². The van der Waals surface area contributed by atoms with Crippen molar-refractivity contribution in [1.29, 1.82) is 0 Å². The minimum Gasteiger partial charge on any atom is -0.476 e. The zero-order chi connectivity index (χ0) is 13.8. The molecular formula is C12H9FN2O3S. The molecule has 2 aromatic rings. The Morgan fingerprint density at radius 3 is 2.58 bits per heavy atom. The molecule has 0 spiro atoms. The molecule has 19 heavy (non-hydrogen) atoms. The van der Waals surface area contributed by atoms with Gasteiger partial charge in [0.2, 0.25) is 5.91 Å². The van der Waals surface area contributed by atoms with Crippen LogP contribution in [0, 0.1) is 5.82 Å². The molecule has 0 radical (unpaired) electrons. The van der Waals surface area contributed by atoms with E-state index in [1.165, 1.54) is 29.6 Å². The largest absolute Gasteiger partial charge is 0.476 e. The molecule has 0 atom stereocenters. The molecular weight excluding hydrogens is 271 g/mol. The van der Waals surface area contributed by atoms with Crippen LogP contribution in [-0.2, 0) is 11.2 Å². The van der Waals surface area contributed by atoms with Gasteiger partial charge in [0.1, 0.15) is 5.82 Å². The first kappa shape index (κ1) is 13.2. The predicted molar refractivity (Wildman–Crippen MR) is 67.8 cm³/mol. The fraction of sp³-hybridized carbons (Fsp3) is 0.0833. The number of aromatic nitrogens is 1. The number of carbonyl (C=O) groups excluding carboxylic acids is 1. The van der Waals surface area contributed by atoms with Crippen molar-refractivity contribution in [1.82, 2.24) is 4.98 Å². The molecule has 0 aliphatic rings. The van der Waals surface area contributed by atoms with Gasteiger partial charge in [0.15, 0.2) is 10.8 Å². The lowest BCUT2D eigenvalue weighted by Crippen LogP contribution is -2.14. The van der Waals surface area contributed by atoms with Crippen LogP contribution in [0.4, 0.5) is 9.52 Å². The molecule has 2 rings (SSSR count). The van der Waals surface area contributed by atoms with E-state index in [0.717, 1.165) is 11.3 Å². The maximum Gasteiger partial charge on any atom is 0.355 e. The number of nitrogens with one attached hydrogen (secondary N) is 1. The molecule has 0 fully saturated rings. The van der Waals surface area contributed by atoms with Crippen molar-refractivity contribution in [2.45, 2.75) is 6.42 Å². The molecule has 5 nitrogen and oxygen atoms in total. The Morgan fingerprint density at radius 1 is 1.32 bits per heavy atom. The number of aromatic carboxylic acids is 1. The van der Waals surface area contributed by atoms with Crippen molar-refractivity contribution >= 4 is 28.3 Å². The molecule has 0 aliphatic heterocycles. The van der Waals surface area contributed by atoms with Crippen molar-refractivity contribution < 1.29 is 19.1 Å². The van der Waals surface area contributed by atoms with Gasteiger partial charge in [-0.3, -0.25) is 4.79 Å². The standard InChI is InChI=1S/C12H9FN2O3S/c13-8-3-1-7(2-4-8)5-10(16)15-12-14-9(6-19-12)11(17)18/h1-4,6H,5H2,(H,17,18)(H,14,15,16). The van der Waals surface area contributed by atoms with Gasteiger partial charge in [-0.2, -0.15) is 0 Å². The number of anilines is 1. The van der Waals surface area contributed by atoms with E-state index in [0.29, 0.717) is 5.56 Å². The maximum atomic E-state index is 12.7. The van der Waals surface area contributed by atoms with E-state index >= 15 is 0 Å². The monoisotopic (exact) mass is 280 g/mol. The summed E-state index contributed by atoms with van der Waals surface area (Å²) in [6.07, 6.45) is 0.0717. The molecule has 0 aliphatic carbocycles. The molecule has 7 heteroatoms. The summed E-state index contributed by atoms with van der Waals surface area (Å²) in [7, 11) is 0. The number of carboxylic acids is 1. The first-order valence-electron chi connectivity index (χ1n) is 5.28. The van der Waals surface area contributed by atoms with E-state index in [-0.39, 0.29) is 29.0 Å². The highest BCUT2D eigenvalue weighted by atomic mass is 32.1. The summed E-state index contributed by atoms with van der Waals surface area (Å²) in [4.78, 5) is 26.0. The van der Waals surface area contributed by atoms with E-state index in [1.807, 2.05) is 0 Å². The predicted octanol–water partition coefficient (Wildman–Crippen LogP) is 2.16. The van der Waals surface area contributed by atoms with E-state index in [2.05, 4.69) is 10.3 Å². The van der Waals surface area contributed by atoms with Crippen molar-refractivity contribution in [2.75, 3.05) is 5.32 Å². The van der Waals surface area contributed by atoms with Crippen LogP contribution in [0.25, 0.3) is 0 Å². The van der Waals surface area contributed by atoms with E-state index < -0.39 is 5.97 Å². The van der Waals surface area contributed by atoms with Crippen molar-refractivity contribution in [3.63, 3.8) is 0 Å². The van der Waals surface area contributed by atoms with Crippen LogP contribution in [0.3, 0.4) is 0 Å². The summed E-state index contributed by atoms with van der Waals surface area (Å²) >= 11 is 1.04. The third-order valence-electron chi connectivity index (χ3n) is 2.25. The zero-order valence-electron chi connectivity index (χ0n) is 9.59. The molecule has 2 N–H and O–H groups in total. The van der Waals surface area contributed by atoms with Gasteiger partial charge in [-0.15, -0.1) is 11.3 Å². The average Bonchev–Trinajstić information content (AvgIpc) is 2.80. The molecule has 0 saturated carbocycles. The van der Waals surface area contributed by atoms with Gasteiger partial charge >= 0.3 is 5.97 Å². The summed E-state index contributed by atoms with van der Waals surface area (Å²) in [6, 6.07) is 5.57. The van der Waals surface area contributed by atoms with Gasteiger partial charge in [0.05, 0.1) is 6.42 Å². The Morgan fingerprint density at radius 2 is 2.00 bits per heavy atom. The van der Waals surface area contributed by atoms with Crippen LogP contribution >= 0.6 is 11.3 Å². The SMILES string of the molecule is O=C(Cc1ccc(F)cc1)Nc1nc(C(=O)O)cs1. The quantitative estimate of drug-likeness (QED) is 0.899. The lowest BCUT2D eigenvalue weighted by molar-refractivity contribution is -0.115. The van der Waals surface area contributed by atoms with Gasteiger partial charge in [-0.1, -0.05) is 12.1 Å². The summed E-state index contributed by atoms with van der Waals surface area (Å²) in [5.74, 6) is -1.84. The van der Waals surface area contributed by atoms with Gasteiger partial charge in [0, 0.05) is 5.38 Å². The van der Waals surface area contributed by atoms with E-state index in [9.17, 15) is 14.0 Å². The Balaban J connectivity index is 1.97. The van der Waals surface area contributed by atoms with Crippen LogP contribution in [0.1, 0.15) is 16.1 Å². The Bertz CT molecular complexity index is 610. The highest BCUT2D eigenvalue weighted by Gasteiger charge is 2.11. The third-order valence-corrected chi connectivity index (χ3v) is 3.01. The molecule has 0 bridgehead atoms. The van der Waals surface area contributed by atoms with Gasteiger partial charge in [-0.05, 0) is 17.7 Å². The average molecular weight is 280 g/mol. The van der Waals surface area contributed by atoms with Crippen molar-refractivity contribution in [2.24, 2.45) is 0 Å². The Kier molecular flexibility index (Phi) is 3.86. The molecule has 0 saturated heterocycles. The van der Waals surface area contributed by atoms with Crippen LogP contribution in [0.5, 0.6) is 0 Å². The second-order valence-electron chi connectivity index (χ2n) is 3.69. The lowest BCUT2D eigenvalue weighted by Gasteiger charge is -2.01. The Hall–Kier alpha value is -2.28. The Labute approximate surface area is 111 Å². The smallest absolute Gasteiger partial charge is 0.355 e. The van der Waals surface area contributed by atoms with Crippen LogP contribution in [0.15, 0.2) is 29.6 Å². The highest BCUT2D eigenvalue weighted by molar-refractivity contribution is 7.14. The summed E-state index contributed by atoms with van der Waals surface area (Å²) in [5, 5.41) is 12.8. The first-order valence-corrected chi connectivity index (χ1v) is 6.15. The minimum atomic E-state index is -1.14. The molecule has 1 aromatic carbocycles. The number of nitrogens with zero attached hydrogens (tertiary/aromatic N) is 1. The summed E-state index contributed by atoms with van der Waals surface area (Å²) < 4.78 is 12.7. The molecule has 1 heterocycles. The number of rotatable bonds is 4. The topological polar surface area (TPSA) is 79.3 Å². The summed E-state index contributed by atoms with van der Waals surface area (Å²) in [6.45, 7) is 0. The van der Waals surface area contributed by atoms with Crippen LogP contribution in [0.2, 0.25) is 0 Å². The van der Waals surface area contributed by atoms with Crippen molar-refractivity contribution in [3.05, 3.63) is 46.7 Å². The van der Waals surface area contributed by atoms with Crippen LogP contribution in [-0.4, -0.2) is 22.0 Å². The number of carbonyl (C=O) groups is 2. The lowest BCUT2D eigenvalue weighted by atomic mass is 10.1. The minimum absolute atomic E-state index is 0.0717. The molecule has 98 valence electrons. The molecule has 1 amide bonds. The number of thiazole rings is 1. The number of hydrogen-bond donors (Lipinski definition) is 2. The molecule has 1 aromatic heterocycles. The molecule has 0 unspecified atom stereocenters. The zero-order valence-corrected chi connectivity index (χ0v) is 10.4. The van der Waals surface area contributed by atoms with Crippen molar-refractivity contribution in [3.8, 4) is 0 Å². The number of benzene rings is 1. The number of amides is 1. The fourth-order valence-electron chi connectivity index (χ4n) is 1.38. The second-order valence-corrected chi connectivity index (χ2v) is 4.55.